The third-order valence-electron chi connectivity index (χ3n) is 11.9. The fourth-order valence-electron chi connectivity index (χ4n) is 9.24. The van der Waals surface area contributed by atoms with Gasteiger partial charge in [0.25, 0.3) is 0 Å². The zero-order valence-electron chi connectivity index (χ0n) is 31.1. The number of hydrogen-bond donors (Lipinski definition) is 0. The molecule has 56 heavy (non-hydrogen) atoms. The Morgan fingerprint density at radius 1 is 0.339 bits per heavy atom. The third-order valence-corrected chi connectivity index (χ3v) is 11.9. The van der Waals surface area contributed by atoms with Crippen LogP contribution in [-0.4, -0.2) is 5.71 Å². The summed E-state index contributed by atoms with van der Waals surface area (Å²) >= 11 is 0. The molecule has 11 rings (SSSR count). The van der Waals surface area contributed by atoms with Crippen molar-refractivity contribution in [1.29, 1.82) is 0 Å². The lowest BCUT2D eigenvalue weighted by Gasteiger charge is -2.20. The van der Waals surface area contributed by atoms with Gasteiger partial charge in [0.1, 0.15) is 0 Å². The van der Waals surface area contributed by atoms with Gasteiger partial charge in [0.15, 0.2) is 0 Å². The number of fused-ring (bicyclic) bond motifs is 8. The summed E-state index contributed by atoms with van der Waals surface area (Å²) in [6.07, 6.45) is 0.820. The second kappa shape index (κ2) is 13.0. The normalized spacial score (nSPS) is 13.3. The monoisotopic (exact) mass is 711 g/mol. The highest BCUT2D eigenvalue weighted by molar-refractivity contribution is 6.25. The van der Waals surface area contributed by atoms with E-state index < -0.39 is 0 Å². The summed E-state index contributed by atoms with van der Waals surface area (Å²) in [5, 5.41) is 10.0. The minimum absolute atomic E-state index is 0.820. The third kappa shape index (κ3) is 5.20. The van der Waals surface area contributed by atoms with Gasteiger partial charge in [0, 0.05) is 17.7 Å². The van der Waals surface area contributed by atoms with Crippen molar-refractivity contribution < 1.29 is 0 Å². The van der Waals surface area contributed by atoms with E-state index in [2.05, 4.69) is 201 Å². The smallest absolute Gasteiger partial charge is 0.0674 e. The summed E-state index contributed by atoms with van der Waals surface area (Å²) in [6.45, 7) is 2.15. The molecule has 0 atom stereocenters. The highest BCUT2D eigenvalue weighted by Crippen LogP contribution is 2.48. The first-order chi connectivity index (χ1) is 27.7. The van der Waals surface area contributed by atoms with Crippen LogP contribution in [0.1, 0.15) is 23.6 Å². The van der Waals surface area contributed by atoms with Crippen LogP contribution in [0.25, 0.3) is 87.6 Å². The molecule has 0 saturated carbocycles. The maximum atomic E-state index is 5.37. The number of aliphatic imine (C=N–C) groups is 1. The van der Waals surface area contributed by atoms with Gasteiger partial charge in [0.05, 0.1) is 5.69 Å². The summed E-state index contributed by atoms with van der Waals surface area (Å²) in [5.41, 5.74) is 15.7. The zero-order valence-corrected chi connectivity index (χ0v) is 31.1. The van der Waals surface area contributed by atoms with E-state index in [-0.39, 0.29) is 0 Å². The van der Waals surface area contributed by atoms with Crippen LogP contribution in [0.5, 0.6) is 0 Å². The van der Waals surface area contributed by atoms with Crippen LogP contribution >= 0.6 is 0 Å². The second-order valence-electron chi connectivity index (χ2n) is 15.0. The van der Waals surface area contributed by atoms with Gasteiger partial charge in [-0.3, -0.25) is 4.99 Å². The van der Waals surface area contributed by atoms with Gasteiger partial charge >= 0.3 is 0 Å². The van der Waals surface area contributed by atoms with Crippen molar-refractivity contribution in [1.82, 2.24) is 0 Å². The van der Waals surface area contributed by atoms with E-state index in [0.29, 0.717) is 0 Å². The van der Waals surface area contributed by atoms with Crippen molar-refractivity contribution in [3.05, 3.63) is 211 Å². The molecule has 262 valence electrons. The highest BCUT2D eigenvalue weighted by Gasteiger charge is 2.21. The predicted octanol–water partition coefficient (Wildman–Crippen LogP) is 15.0. The molecular formula is C55H37N. The van der Waals surface area contributed by atoms with Crippen molar-refractivity contribution in [2.24, 2.45) is 4.99 Å². The molecular weight excluding hydrogens is 675 g/mol. The first kappa shape index (κ1) is 32.3. The van der Waals surface area contributed by atoms with Crippen LogP contribution in [-0.2, 0) is 6.42 Å². The lowest BCUT2D eigenvalue weighted by Crippen LogP contribution is -1.98. The summed E-state index contributed by atoms with van der Waals surface area (Å²) in [6, 6.07) is 71.5. The molecule has 10 aromatic rings. The molecule has 0 aliphatic carbocycles. The Balaban J connectivity index is 1.19. The second-order valence-corrected chi connectivity index (χ2v) is 15.0. The Bertz CT molecular complexity index is 3230. The van der Waals surface area contributed by atoms with Gasteiger partial charge in [-0.1, -0.05) is 182 Å². The van der Waals surface area contributed by atoms with E-state index >= 15 is 0 Å². The van der Waals surface area contributed by atoms with Crippen LogP contribution in [0.4, 0.5) is 5.69 Å². The number of benzene rings is 10. The van der Waals surface area contributed by atoms with Crippen LogP contribution in [0, 0.1) is 0 Å². The molecule has 0 amide bonds. The van der Waals surface area contributed by atoms with Gasteiger partial charge < -0.3 is 0 Å². The van der Waals surface area contributed by atoms with E-state index in [1.54, 1.807) is 0 Å². The Kier molecular flexibility index (Phi) is 7.53. The average Bonchev–Trinajstić information content (AvgIpc) is 3.30. The highest BCUT2D eigenvalue weighted by atomic mass is 14.7. The molecule has 10 aromatic carbocycles. The number of rotatable bonds is 3. The Labute approximate surface area is 326 Å². The van der Waals surface area contributed by atoms with E-state index in [4.69, 9.17) is 4.99 Å². The number of nitrogens with zero attached hydrogens (tertiary/aromatic N) is 1. The summed E-state index contributed by atoms with van der Waals surface area (Å²) in [4.78, 5) is 5.37. The zero-order chi connectivity index (χ0) is 37.2. The topological polar surface area (TPSA) is 12.4 Å². The van der Waals surface area contributed by atoms with Crippen LogP contribution < -0.4 is 0 Å². The van der Waals surface area contributed by atoms with Crippen molar-refractivity contribution in [3.63, 3.8) is 0 Å². The lowest BCUT2D eigenvalue weighted by atomic mass is 9.83. The van der Waals surface area contributed by atoms with Gasteiger partial charge in [-0.2, -0.15) is 0 Å². The standard InChI is InChI=1S/C55H37N/c1-35-42-19-8-9-23-46(42)45-22-7-4-16-40(45)32-41-29-28-39(34-53(41)56-35)38-30-31-51-52(33-38)55(48-27-13-18-37-15-3-6-21-44(37)48)50-25-11-10-24-49(50)54(51)47-26-12-17-36-14-2-5-20-43(36)47/h2-31,33-34H,32H2,1H3/b56-35+. The first-order valence-corrected chi connectivity index (χ1v) is 19.5. The van der Waals surface area contributed by atoms with E-state index in [0.717, 1.165) is 23.4 Å². The molecule has 0 radical (unpaired) electrons. The quantitative estimate of drug-likeness (QED) is 0.162. The maximum absolute atomic E-state index is 5.37. The van der Waals surface area contributed by atoms with Gasteiger partial charge in [-0.25, -0.2) is 0 Å². The molecule has 0 bridgehead atoms. The van der Waals surface area contributed by atoms with Crippen molar-refractivity contribution in [3.8, 4) is 44.5 Å². The molecule has 0 fully saturated rings. The summed E-state index contributed by atoms with van der Waals surface area (Å²) in [5.74, 6) is 0. The summed E-state index contributed by atoms with van der Waals surface area (Å²) < 4.78 is 0. The largest absolute Gasteiger partial charge is 0.253 e. The first-order valence-electron chi connectivity index (χ1n) is 19.5. The van der Waals surface area contributed by atoms with Crippen LogP contribution in [0.2, 0.25) is 0 Å². The number of hydrogen-bond acceptors (Lipinski definition) is 1. The Morgan fingerprint density at radius 2 is 0.821 bits per heavy atom. The Hall–Kier alpha value is -7.09. The molecule has 0 N–H and O–H groups in total. The van der Waals surface area contributed by atoms with E-state index in [1.165, 1.54) is 98.7 Å². The minimum atomic E-state index is 0.820. The van der Waals surface area contributed by atoms with Crippen LogP contribution in [0.3, 0.4) is 0 Å². The van der Waals surface area contributed by atoms with Gasteiger partial charge in [0.2, 0.25) is 0 Å². The minimum Gasteiger partial charge on any atom is -0.253 e. The SMILES string of the molecule is C/C1=N\c2cc(-c3ccc4c(-c5cccc6ccccc56)c5ccccc5c(-c5cccc6ccccc56)c4c3)ccc2Cc2ccccc2-c2ccccc21. The molecule has 0 saturated heterocycles. The Morgan fingerprint density at radius 3 is 1.52 bits per heavy atom. The fourth-order valence-corrected chi connectivity index (χ4v) is 9.24. The van der Waals surface area contributed by atoms with Crippen molar-refractivity contribution in [2.75, 3.05) is 0 Å². The molecule has 0 unspecified atom stereocenters. The average molecular weight is 712 g/mol. The van der Waals surface area contributed by atoms with Crippen molar-refractivity contribution in [2.45, 2.75) is 13.3 Å². The fraction of sp³-hybridized carbons (Fsp3) is 0.0364. The lowest BCUT2D eigenvalue weighted by molar-refractivity contribution is 1.19. The summed E-state index contributed by atoms with van der Waals surface area (Å²) in [7, 11) is 0. The maximum Gasteiger partial charge on any atom is 0.0674 e. The van der Waals surface area contributed by atoms with E-state index in [9.17, 15) is 0 Å². The van der Waals surface area contributed by atoms with Gasteiger partial charge in [-0.05, 0) is 118 Å². The molecule has 1 aliphatic heterocycles. The molecule has 1 aliphatic rings. The van der Waals surface area contributed by atoms with Gasteiger partial charge in [-0.15, -0.1) is 0 Å². The van der Waals surface area contributed by atoms with Crippen LogP contribution in [0.15, 0.2) is 199 Å². The van der Waals surface area contributed by atoms with E-state index in [1.807, 2.05) is 0 Å². The molecule has 1 heterocycles. The molecule has 0 spiro atoms. The molecule has 0 aromatic heterocycles. The predicted molar refractivity (Wildman–Crippen MR) is 239 cm³/mol. The molecule has 1 heteroatoms. The molecule has 1 nitrogen and oxygen atoms in total. The van der Waals surface area contributed by atoms with Crippen molar-refractivity contribution >= 4 is 54.5 Å².